The highest BCUT2D eigenvalue weighted by molar-refractivity contribution is 6.32. The van der Waals surface area contributed by atoms with E-state index in [4.69, 9.17) is 27.7 Å². The summed E-state index contributed by atoms with van der Waals surface area (Å²) in [5.41, 5.74) is 6.42. The number of hydrogen-bond donors (Lipinski definition) is 2. The van der Waals surface area contributed by atoms with Crippen molar-refractivity contribution in [1.82, 2.24) is 0 Å². The van der Waals surface area contributed by atoms with Crippen molar-refractivity contribution in [2.24, 2.45) is 5.73 Å². The molecule has 1 unspecified atom stereocenters. The number of rotatable bonds is 2. The molecule has 0 aliphatic carbocycles. The lowest BCUT2D eigenvalue weighted by atomic mass is 10.1. The molecule has 1 rings (SSSR count). The molecule has 0 amide bonds. The van der Waals surface area contributed by atoms with E-state index in [9.17, 15) is 0 Å². The van der Waals surface area contributed by atoms with Gasteiger partial charge in [0.2, 0.25) is 0 Å². The van der Waals surface area contributed by atoms with Crippen LogP contribution in [0.2, 0.25) is 5.02 Å². The highest BCUT2D eigenvalue weighted by Crippen LogP contribution is 2.26. The lowest BCUT2D eigenvalue weighted by Gasteiger charge is -2.08. The van der Waals surface area contributed by atoms with E-state index in [-0.39, 0.29) is 23.2 Å². The summed E-state index contributed by atoms with van der Waals surface area (Å²) < 4.78 is 0. The third-order valence-corrected chi connectivity index (χ3v) is 2.01. The van der Waals surface area contributed by atoms with E-state index in [1.807, 2.05) is 6.07 Å². The lowest BCUT2D eigenvalue weighted by Crippen LogP contribution is -2.08. The van der Waals surface area contributed by atoms with Crippen LogP contribution >= 0.6 is 11.6 Å². The summed E-state index contributed by atoms with van der Waals surface area (Å²) in [5, 5.41) is 17.8. The average molecular weight is 197 g/mol. The second kappa shape index (κ2) is 4.13. The minimum Gasteiger partial charge on any atom is -0.506 e. The number of phenolic OH excluding ortho intramolecular Hbond substituents is 1. The summed E-state index contributed by atoms with van der Waals surface area (Å²) in [6, 6.07) is 6.32. The number of phenols is 1. The molecular formula is C9H9ClN2O. The molecule has 0 radical (unpaired) electrons. The van der Waals surface area contributed by atoms with E-state index in [0.29, 0.717) is 0 Å². The first-order valence-electron chi connectivity index (χ1n) is 3.76. The van der Waals surface area contributed by atoms with Crippen molar-refractivity contribution in [3.8, 4) is 11.8 Å². The molecular weight excluding hydrogens is 188 g/mol. The molecule has 68 valence electrons. The van der Waals surface area contributed by atoms with E-state index in [1.165, 1.54) is 6.07 Å². The van der Waals surface area contributed by atoms with Crippen molar-refractivity contribution >= 4 is 11.6 Å². The average Bonchev–Trinajstić information content (AvgIpc) is 2.10. The zero-order chi connectivity index (χ0) is 9.84. The van der Waals surface area contributed by atoms with E-state index >= 15 is 0 Å². The molecule has 0 saturated heterocycles. The summed E-state index contributed by atoms with van der Waals surface area (Å²) in [5.74, 6) is 0.0228. The van der Waals surface area contributed by atoms with E-state index < -0.39 is 0 Å². The van der Waals surface area contributed by atoms with Crippen LogP contribution in [-0.2, 0) is 0 Å². The fourth-order valence-electron chi connectivity index (χ4n) is 0.970. The molecule has 0 bridgehead atoms. The van der Waals surface area contributed by atoms with Crippen LogP contribution in [0, 0.1) is 11.3 Å². The van der Waals surface area contributed by atoms with Gasteiger partial charge in [-0.15, -0.1) is 0 Å². The van der Waals surface area contributed by atoms with E-state index in [1.54, 1.807) is 12.1 Å². The van der Waals surface area contributed by atoms with Crippen LogP contribution < -0.4 is 5.73 Å². The van der Waals surface area contributed by atoms with Gasteiger partial charge in [-0.3, -0.25) is 0 Å². The molecule has 0 saturated carbocycles. The van der Waals surface area contributed by atoms with Gasteiger partial charge >= 0.3 is 0 Å². The smallest absolute Gasteiger partial charge is 0.134 e. The Morgan fingerprint density at radius 2 is 2.31 bits per heavy atom. The number of hydrogen-bond acceptors (Lipinski definition) is 3. The molecule has 4 heteroatoms. The zero-order valence-electron chi connectivity index (χ0n) is 6.87. The van der Waals surface area contributed by atoms with Crippen LogP contribution in [0.3, 0.4) is 0 Å². The van der Waals surface area contributed by atoms with Gasteiger partial charge in [0.05, 0.1) is 17.5 Å². The van der Waals surface area contributed by atoms with Crippen molar-refractivity contribution in [3.05, 3.63) is 28.8 Å². The molecule has 1 aromatic carbocycles. The Bertz CT molecular complexity index is 346. The monoisotopic (exact) mass is 196 g/mol. The highest BCUT2D eigenvalue weighted by atomic mass is 35.5. The summed E-state index contributed by atoms with van der Waals surface area (Å²) in [6.07, 6.45) is 0.237. The maximum Gasteiger partial charge on any atom is 0.134 e. The minimum absolute atomic E-state index is 0.0228. The van der Waals surface area contributed by atoms with Crippen LogP contribution in [0.1, 0.15) is 18.0 Å². The van der Waals surface area contributed by atoms with Crippen LogP contribution in [0.5, 0.6) is 5.75 Å². The van der Waals surface area contributed by atoms with Crippen molar-refractivity contribution in [2.75, 3.05) is 0 Å². The van der Waals surface area contributed by atoms with E-state index in [0.717, 1.165) is 5.56 Å². The van der Waals surface area contributed by atoms with Gasteiger partial charge in [0.25, 0.3) is 0 Å². The van der Waals surface area contributed by atoms with Crippen molar-refractivity contribution in [3.63, 3.8) is 0 Å². The Kier molecular flexibility index (Phi) is 3.13. The zero-order valence-corrected chi connectivity index (χ0v) is 7.62. The normalized spacial score (nSPS) is 12.1. The molecule has 3 nitrogen and oxygen atoms in total. The number of benzene rings is 1. The first-order chi connectivity index (χ1) is 6.15. The molecule has 3 N–H and O–H groups in total. The lowest BCUT2D eigenvalue weighted by molar-refractivity contribution is 0.475. The SMILES string of the molecule is N#CCC(N)c1ccc(O)c(Cl)c1. The predicted octanol–water partition coefficient (Wildman–Crippen LogP) is 1.96. The minimum atomic E-state index is -0.344. The second-order valence-corrected chi connectivity index (χ2v) is 3.09. The fourth-order valence-corrected chi connectivity index (χ4v) is 1.16. The van der Waals surface area contributed by atoms with Gasteiger partial charge in [0.1, 0.15) is 5.75 Å². The van der Waals surface area contributed by atoms with Gasteiger partial charge in [-0.1, -0.05) is 17.7 Å². The number of nitrogens with zero attached hydrogens (tertiary/aromatic N) is 1. The van der Waals surface area contributed by atoms with Gasteiger partial charge in [-0.05, 0) is 17.7 Å². The maximum atomic E-state index is 9.12. The standard InChI is InChI=1S/C9H9ClN2O/c10-7-5-6(1-2-9(7)13)8(12)3-4-11/h1-2,5,8,13H,3,12H2. The van der Waals surface area contributed by atoms with Gasteiger partial charge in [0, 0.05) is 6.04 Å². The number of halogens is 1. The van der Waals surface area contributed by atoms with Gasteiger partial charge in [-0.25, -0.2) is 0 Å². The largest absolute Gasteiger partial charge is 0.506 e. The fraction of sp³-hybridized carbons (Fsp3) is 0.222. The quantitative estimate of drug-likeness (QED) is 0.760. The van der Waals surface area contributed by atoms with Crippen LogP contribution in [0.4, 0.5) is 0 Å². The Balaban J connectivity index is 2.91. The van der Waals surface area contributed by atoms with Gasteiger partial charge in [-0.2, -0.15) is 5.26 Å². The summed E-state index contributed by atoms with van der Waals surface area (Å²) in [4.78, 5) is 0. The third kappa shape index (κ3) is 2.35. The van der Waals surface area contributed by atoms with Crippen LogP contribution in [0.25, 0.3) is 0 Å². The molecule has 0 spiro atoms. The van der Waals surface area contributed by atoms with Crippen LogP contribution in [0.15, 0.2) is 18.2 Å². The molecule has 0 heterocycles. The van der Waals surface area contributed by atoms with Gasteiger partial charge < -0.3 is 10.8 Å². The summed E-state index contributed by atoms with van der Waals surface area (Å²) >= 11 is 5.67. The first-order valence-corrected chi connectivity index (χ1v) is 4.14. The Morgan fingerprint density at radius 1 is 1.62 bits per heavy atom. The van der Waals surface area contributed by atoms with Crippen molar-refractivity contribution < 1.29 is 5.11 Å². The summed E-state index contributed by atoms with van der Waals surface area (Å²) in [7, 11) is 0. The van der Waals surface area contributed by atoms with E-state index in [2.05, 4.69) is 0 Å². The number of aromatic hydroxyl groups is 1. The van der Waals surface area contributed by atoms with Gasteiger partial charge in [0.15, 0.2) is 0 Å². The second-order valence-electron chi connectivity index (χ2n) is 2.68. The molecule has 0 aliphatic rings. The van der Waals surface area contributed by atoms with Crippen LogP contribution in [-0.4, -0.2) is 5.11 Å². The number of nitrogens with two attached hydrogens (primary N) is 1. The third-order valence-electron chi connectivity index (χ3n) is 1.71. The molecule has 13 heavy (non-hydrogen) atoms. The molecule has 1 aromatic rings. The predicted molar refractivity (Wildman–Crippen MR) is 50.3 cm³/mol. The van der Waals surface area contributed by atoms with Crippen molar-refractivity contribution in [2.45, 2.75) is 12.5 Å². The summed E-state index contributed by atoms with van der Waals surface area (Å²) in [6.45, 7) is 0. The molecule has 0 aromatic heterocycles. The molecule has 0 aliphatic heterocycles. The first kappa shape index (κ1) is 9.85. The maximum absolute atomic E-state index is 9.12. The Labute approximate surface area is 81.4 Å². The van der Waals surface area contributed by atoms with Crippen molar-refractivity contribution in [1.29, 1.82) is 5.26 Å². The Hall–Kier alpha value is -1.24. The topological polar surface area (TPSA) is 70.0 Å². The molecule has 1 atom stereocenters. The Morgan fingerprint density at radius 3 is 2.85 bits per heavy atom. The number of nitriles is 1. The molecule has 0 fully saturated rings. The highest BCUT2D eigenvalue weighted by Gasteiger charge is 2.07.